The average molecular weight is 702 g/mol. The molecule has 0 aliphatic heterocycles. The highest BCUT2D eigenvalue weighted by Gasteiger charge is 2.44. The highest BCUT2D eigenvalue weighted by Crippen LogP contribution is 2.56. The number of hydrogen-bond donors (Lipinski definition) is 0. The maximum absolute atomic E-state index is 6.46. The van der Waals surface area contributed by atoms with Crippen molar-refractivity contribution in [3.63, 3.8) is 0 Å². The minimum absolute atomic E-state index is 0.576. The molecule has 0 spiro atoms. The van der Waals surface area contributed by atoms with Crippen molar-refractivity contribution in [3.05, 3.63) is 235 Å². The van der Waals surface area contributed by atoms with Crippen LogP contribution in [0.3, 0.4) is 0 Å². The van der Waals surface area contributed by atoms with Crippen molar-refractivity contribution in [3.8, 4) is 22.3 Å². The molecule has 0 radical (unpaired) electrons. The molecule has 2 heteroatoms. The van der Waals surface area contributed by atoms with Gasteiger partial charge in [-0.2, -0.15) is 0 Å². The van der Waals surface area contributed by atoms with Crippen LogP contribution in [0.5, 0.6) is 0 Å². The molecular formula is C53H35NO. The van der Waals surface area contributed by atoms with Gasteiger partial charge in [-0.3, -0.25) is 0 Å². The molecule has 0 saturated heterocycles. The number of anilines is 3. The summed E-state index contributed by atoms with van der Waals surface area (Å²) in [6.45, 7) is 0. The van der Waals surface area contributed by atoms with Crippen LogP contribution in [0.4, 0.5) is 17.1 Å². The Bertz CT molecular complexity index is 3030. The fourth-order valence-corrected chi connectivity index (χ4v) is 9.16. The van der Waals surface area contributed by atoms with Gasteiger partial charge in [-0.1, -0.05) is 164 Å². The van der Waals surface area contributed by atoms with E-state index in [4.69, 9.17) is 4.42 Å². The summed E-state index contributed by atoms with van der Waals surface area (Å²) in [6, 6.07) is 77.2. The standard InChI is InChI=1S/C53H35NO/c1-3-14-36(15-4-1)37-28-30-41(31-29-37)54(43-32-33-46-45-23-8-10-27-50(45)55-51(46)35-43)42-21-13-20-40(34-42)53(39-18-5-2-6-19-39)48-25-9-7-22-44(48)47-24-11-16-38-17-12-26-49(53)52(38)47/h1-35H. The summed E-state index contributed by atoms with van der Waals surface area (Å²) in [6.07, 6.45) is 0. The summed E-state index contributed by atoms with van der Waals surface area (Å²) in [5.41, 5.74) is 14.3. The molecule has 2 nitrogen and oxygen atoms in total. The Morgan fingerprint density at radius 3 is 1.82 bits per heavy atom. The lowest BCUT2D eigenvalue weighted by atomic mass is 9.59. The van der Waals surface area contributed by atoms with Gasteiger partial charge >= 0.3 is 0 Å². The maximum Gasteiger partial charge on any atom is 0.137 e. The molecule has 0 fully saturated rings. The van der Waals surface area contributed by atoms with Crippen molar-refractivity contribution in [2.24, 2.45) is 0 Å². The predicted molar refractivity (Wildman–Crippen MR) is 229 cm³/mol. The molecule has 11 rings (SSSR count). The van der Waals surface area contributed by atoms with E-state index in [0.29, 0.717) is 0 Å². The smallest absolute Gasteiger partial charge is 0.137 e. The van der Waals surface area contributed by atoms with Gasteiger partial charge in [0.25, 0.3) is 0 Å². The van der Waals surface area contributed by atoms with Crippen LogP contribution in [0.15, 0.2) is 217 Å². The molecule has 1 aromatic heterocycles. The topological polar surface area (TPSA) is 16.4 Å². The normalized spacial score (nSPS) is 14.6. The molecule has 55 heavy (non-hydrogen) atoms. The van der Waals surface area contributed by atoms with Gasteiger partial charge in [-0.25, -0.2) is 0 Å². The van der Waals surface area contributed by atoms with E-state index in [9.17, 15) is 0 Å². The minimum Gasteiger partial charge on any atom is -0.456 e. The van der Waals surface area contributed by atoms with Gasteiger partial charge in [-0.15, -0.1) is 0 Å². The zero-order valence-electron chi connectivity index (χ0n) is 30.1. The van der Waals surface area contributed by atoms with E-state index in [0.717, 1.165) is 39.0 Å². The predicted octanol–water partition coefficient (Wildman–Crippen LogP) is 14.2. The summed E-state index contributed by atoms with van der Waals surface area (Å²) in [5, 5.41) is 4.79. The third kappa shape index (κ3) is 4.82. The summed E-state index contributed by atoms with van der Waals surface area (Å²) in [7, 11) is 0. The Kier molecular flexibility index (Phi) is 7.11. The summed E-state index contributed by atoms with van der Waals surface area (Å²) in [4.78, 5) is 2.37. The summed E-state index contributed by atoms with van der Waals surface area (Å²) < 4.78 is 6.46. The molecule has 1 aliphatic rings. The number of rotatable bonds is 6. The van der Waals surface area contributed by atoms with Crippen LogP contribution in [-0.2, 0) is 5.41 Å². The second-order valence-electron chi connectivity index (χ2n) is 14.4. The first kappa shape index (κ1) is 31.4. The van der Waals surface area contributed by atoms with Gasteiger partial charge in [0.05, 0.1) is 5.41 Å². The fourth-order valence-electron chi connectivity index (χ4n) is 9.16. The molecule has 9 aromatic carbocycles. The molecule has 1 aliphatic carbocycles. The van der Waals surface area contributed by atoms with Crippen molar-refractivity contribution in [1.82, 2.24) is 0 Å². The zero-order valence-corrected chi connectivity index (χ0v) is 30.1. The van der Waals surface area contributed by atoms with Crippen molar-refractivity contribution >= 4 is 49.8 Å². The highest BCUT2D eigenvalue weighted by molar-refractivity contribution is 6.07. The second kappa shape index (κ2) is 12.5. The van der Waals surface area contributed by atoms with Crippen LogP contribution in [-0.4, -0.2) is 0 Å². The number of furan rings is 1. The van der Waals surface area contributed by atoms with E-state index in [-0.39, 0.29) is 0 Å². The average Bonchev–Trinajstić information content (AvgIpc) is 3.63. The van der Waals surface area contributed by atoms with Crippen molar-refractivity contribution in [2.45, 2.75) is 5.41 Å². The minimum atomic E-state index is -0.576. The first-order chi connectivity index (χ1) is 27.3. The Balaban J connectivity index is 1.17. The van der Waals surface area contributed by atoms with Crippen LogP contribution in [0.1, 0.15) is 22.3 Å². The van der Waals surface area contributed by atoms with Gasteiger partial charge in [0.15, 0.2) is 0 Å². The summed E-state index contributed by atoms with van der Waals surface area (Å²) in [5.74, 6) is 0. The van der Waals surface area contributed by atoms with Crippen LogP contribution < -0.4 is 4.90 Å². The molecular weight excluding hydrogens is 667 g/mol. The van der Waals surface area contributed by atoms with E-state index in [2.05, 4.69) is 205 Å². The molecule has 0 bridgehead atoms. The second-order valence-corrected chi connectivity index (χ2v) is 14.4. The van der Waals surface area contributed by atoms with Gasteiger partial charge in [0, 0.05) is 33.9 Å². The fraction of sp³-hybridized carbons (Fsp3) is 0.0189. The number of fused-ring (bicyclic) bond motifs is 5. The van der Waals surface area contributed by atoms with Gasteiger partial charge < -0.3 is 9.32 Å². The van der Waals surface area contributed by atoms with Crippen LogP contribution >= 0.6 is 0 Å². The van der Waals surface area contributed by atoms with Gasteiger partial charge in [0.1, 0.15) is 11.2 Å². The first-order valence-electron chi connectivity index (χ1n) is 18.9. The van der Waals surface area contributed by atoms with E-state index in [1.54, 1.807) is 0 Å². The van der Waals surface area contributed by atoms with Crippen molar-refractivity contribution < 1.29 is 4.42 Å². The molecule has 0 N–H and O–H groups in total. The van der Waals surface area contributed by atoms with E-state index >= 15 is 0 Å². The Morgan fingerprint density at radius 2 is 0.964 bits per heavy atom. The quantitative estimate of drug-likeness (QED) is 0.172. The van der Waals surface area contributed by atoms with Crippen LogP contribution in [0, 0.1) is 0 Å². The third-order valence-corrected chi connectivity index (χ3v) is 11.5. The van der Waals surface area contributed by atoms with Gasteiger partial charge in [-0.05, 0) is 97.7 Å². The lowest BCUT2D eigenvalue weighted by Crippen LogP contribution is -2.34. The van der Waals surface area contributed by atoms with E-state index in [1.165, 1.54) is 55.3 Å². The van der Waals surface area contributed by atoms with E-state index < -0.39 is 5.41 Å². The highest BCUT2D eigenvalue weighted by atomic mass is 16.3. The largest absolute Gasteiger partial charge is 0.456 e. The van der Waals surface area contributed by atoms with Crippen molar-refractivity contribution in [2.75, 3.05) is 4.90 Å². The van der Waals surface area contributed by atoms with E-state index in [1.807, 2.05) is 12.1 Å². The lowest BCUT2D eigenvalue weighted by molar-refractivity contribution is 0.669. The number of nitrogens with zero attached hydrogens (tertiary/aromatic N) is 1. The Labute approximate surface area is 320 Å². The molecule has 0 saturated carbocycles. The first-order valence-corrected chi connectivity index (χ1v) is 18.9. The van der Waals surface area contributed by atoms with Crippen LogP contribution in [0.25, 0.3) is 55.0 Å². The van der Waals surface area contributed by atoms with Crippen molar-refractivity contribution in [1.29, 1.82) is 0 Å². The zero-order chi connectivity index (χ0) is 36.3. The SMILES string of the molecule is c1ccc(-c2ccc(N(c3cccc(C4(c5ccccc5)c5ccccc5-c5cccc6cccc4c56)c3)c3ccc4c(c3)oc3ccccc34)cc2)cc1. The Hall–Kier alpha value is -7.16. The van der Waals surface area contributed by atoms with Crippen LogP contribution in [0.2, 0.25) is 0 Å². The third-order valence-electron chi connectivity index (χ3n) is 11.5. The summed E-state index contributed by atoms with van der Waals surface area (Å²) >= 11 is 0. The molecule has 1 heterocycles. The van der Waals surface area contributed by atoms with Gasteiger partial charge in [0.2, 0.25) is 0 Å². The number of benzene rings is 9. The molecule has 1 unspecified atom stereocenters. The molecule has 0 amide bonds. The molecule has 258 valence electrons. The maximum atomic E-state index is 6.46. The Morgan fingerprint density at radius 1 is 0.364 bits per heavy atom. The lowest BCUT2D eigenvalue weighted by Gasteiger charge is -2.42. The monoisotopic (exact) mass is 701 g/mol. The number of para-hydroxylation sites is 1. The molecule has 1 atom stereocenters. The molecule has 10 aromatic rings. The number of hydrogen-bond acceptors (Lipinski definition) is 2.